The lowest BCUT2D eigenvalue weighted by molar-refractivity contribution is 0.0217. The fraction of sp³-hybridized carbons (Fsp3) is 0.500. The van der Waals surface area contributed by atoms with Crippen molar-refractivity contribution in [1.82, 2.24) is 15.2 Å². The molecule has 1 aromatic heterocycles. The van der Waals surface area contributed by atoms with E-state index in [2.05, 4.69) is 22.1 Å². The van der Waals surface area contributed by atoms with E-state index >= 15 is 0 Å². The van der Waals surface area contributed by atoms with Gasteiger partial charge in [0.25, 0.3) is 5.91 Å². The predicted octanol–water partition coefficient (Wildman–Crippen LogP) is 2.04. The summed E-state index contributed by atoms with van der Waals surface area (Å²) < 4.78 is 5.27. The summed E-state index contributed by atoms with van der Waals surface area (Å²) in [5.41, 5.74) is 2.08. The second kappa shape index (κ2) is 4.84. The van der Waals surface area contributed by atoms with Crippen LogP contribution in [0.1, 0.15) is 30.1 Å². The van der Waals surface area contributed by atoms with Crippen LogP contribution in [0, 0.1) is 5.92 Å². The molecule has 3 aliphatic heterocycles. The number of piperidine rings is 3. The smallest absolute Gasteiger partial charge is 0.251 e. The van der Waals surface area contributed by atoms with Gasteiger partial charge in [0, 0.05) is 17.6 Å². The largest absolute Gasteiger partial charge is 0.443 e. The van der Waals surface area contributed by atoms with Gasteiger partial charge in [-0.3, -0.25) is 9.69 Å². The van der Waals surface area contributed by atoms with Crippen molar-refractivity contribution in [2.24, 2.45) is 5.92 Å². The topological polar surface area (TPSA) is 58.4 Å². The van der Waals surface area contributed by atoms with Gasteiger partial charge < -0.3 is 9.73 Å². The van der Waals surface area contributed by atoms with Crippen molar-refractivity contribution in [2.45, 2.75) is 31.8 Å². The minimum Gasteiger partial charge on any atom is -0.443 e. The van der Waals surface area contributed by atoms with E-state index in [4.69, 9.17) is 4.42 Å². The van der Waals surface area contributed by atoms with E-state index in [1.54, 1.807) is 6.07 Å². The second-order valence-corrected chi connectivity index (χ2v) is 6.15. The van der Waals surface area contributed by atoms with Crippen molar-refractivity contribution in [1.29, 1.82) is 0 Å². The van der Waals surface area contributed by atoms with E-state index in [1.807, 2.05) is 12.1 Å². The normalized spacial score (nSPS) is 31.5. The van der Waals surface area contributed by atoms with Crippen LogP contribution in [0.4, 0.5) is 0 Å². The first-order chi connectivity index (χ1) is 10.2. The average Bonchev–Trinajstić information content (AvgIpc) is 2.98. The Kier molecular flexibility index (Phi) is 2.96. The standard InChI is InChI=1S/C16H19N3O2/c1-10-15(11-4-6-19(10)7-5-11)18-16(20)12-2-3-13-14(8-12)21-9-17-13/h2-3,8-11,15H,4-7H2,1H3,(H,18,20)/t10?,15-/m0/s1. The van der Waals surface area contributed by atoms with Crippen molar-refractivity contribution in [3.05, 3.63) is 30.2 Å². The molecule has 0 saturated carbocycles. The maximum atomic E-state index is 12.5. The van der Waals surface area contributed by atoms with Crippen molar-refractivity contribution < 1.29 is 9.21 Å². The Hall–Kier alpha value is -1.88. The molecular weight excluding hydrogens is 266 g/mol. The van der Waals surface area contributed by atoms with Gasteiger partial charge in [-0.1, -0.05) is 0 Å². The zero-order valence-corrected chi connectivity index (χ0v) is 12.1. The number of rotatable bonds is 2. The number of aromatic nitrogens is 1. The van der Waals surface area contributed by atoms with Crippen molar-refractivity contribution >= 4 is 17.0 Å². The quantitative estimate of drug-likeness (QED) is 0.917. The Labute approximate surface area is 123 Å². The van der Waals surface area contributed by atoms with E-state index in [0.29, 0.717) is 23.1 Å². The van der Waals surface area contributed by atoms with E-state index in [9.17, 15) is 4.79 Å². The van der Waals surface area contributed by atoms with Crippen LogP contribution in [0.15, 0.2) is 29.0 Å². The third kappa shape index (κ3) is 2.12. The highest BCUT2D eigenvalue weighted by atomic mass is 16.3. The van der Waals surface area contributed by atoms with Crippen LogP contribution in [0.3, 0.4) is 0 Å². The molecule has 4 heterocycles. The molecule has 110 valence electrons. The number of fused-ring (bicyclic) bond motifs is 4. The second-order valence-electron chi connectivity index (χ2n) is 6.15. The molecule has 5 heteroatoms. The molecule has 3 fully saturated rings. The predicted molar refractivity (Wildman–Crippen MR) is 79.0 cm³/mol. The lowest BCUT2D eigenvalue weighted by Crippen LogP contribution is -2.62. The Morgan fingerprint density at radius 2 is 2.19 bits per heavy atom. The van der Waals surface area contributed by atoms with E-state index in [-0.39, 0.29) is 11.9 Å². The lowest BCUT2D eigenvalue weighted by Gasteiger charge is -2.49. The summed E-state index contributed by atoms with van der Waals surface area (Å²) in [7, 11) is 0. The first-order valence-electron chi connectivity index (χ1n) is 7.60. The molecule has 21 heavy (non-hydrogen) atoms. The Bertz CT molecular complexity index is 671. The average molecular weight is 285 g/mol. The van der Waals surface area contributed by atoms with E-state index in [1.165, 1.54) is 32.3 Å². The molecule has 1 aromatic carbocycles. The first kappa shape index (κ1) is 12.8. The number of carbonyl (C=O) groups is 1. The molecule has 5 rings (SSSR count). The molecule has 2 atom stereocenters. The Balaban J connectivity index is 1.54. The molecule has 5 nitrogen and oxygen atoms in total. The highest BCUT2D eigenvalue weighted by Gasteiger charge is 2.40. The lowest BCUT2D eigenvalue weighted by atomic mass is 9.79. The summed E-state index contributed by atoms with van der Waals surface area (Å²) in [5, 5.41) is 3.23. The zero-order chi connectivity index (χ0) is 14.4. The number of carbonyl (C=O) groups excluding carboxylic acids is 1. The molecule has 1 N–H and O–H groups in total. The summed E-state index contributed by atoms with van der Waals surface area (Å²) in [6.07, 6.45) is 3.79. The monoisotopic (exact) mass is 285 g/mol. The van der Waals surface area contributed by atoms with Crippen molar-refractivity contribution in [3.8, 4) is 0 Å². The summed E-state index contributed by atoms with van der Waals surface area (Å²) in [5.74, 6) is 0.599. The minimum absolute atomic E-state index is 0.0149. The fourth-order valence-corrected chi connectivity index (χ4v) is 3.78. The molecule has 2 bridgehead atoms. The maximum absolute atomic E-state index is 12.5. The number of benzene rings is 1. The van der Waals surface area contributed by atoms with Gasteiger partial charge in [0.05, 0.1) is 0 Å². The molecule has 0 spiro atoms. The van der Waals surface area contributed by atoms with Gasteiger partial charge in [0.15, 0.2) is 12.0 Å². The van der Waals surface area contributed by atoms with E-state index in [0.717, 1.165) is 5.52 Å². The summed E-state index contributed by atoms with van der Waals surface area (Å²) in [4.78, 5) is 19.1. The number of amides is 1. The number of oxazole rings is 1. The van der Waals surface area contributed by atoms with Gasteiger partial charge in [-0.05, 0) is 57.0 Å². The SMILES string of the molecule is CC1[C@H](NC(=O)c2ccc3ncoc3c2)C2CCN1CC2. The van der Waals surface area contributed by atoms with Crippen LogP contribution in [0.2, 0.25) is 0 Å². The van der Waals surface area contributed by atoms with Crippen molar-refractivity contribution in [2.75, 3.05) is 13.1 Å². The maximum Gasteiger partial charge on any atom is 0.251 e. The van der Waals surface area contributed by atoms with Gasteiger partial charge in [-0.25, -0.2) is 4.98 Å². The van der Waals surface area contributed by atoms with Gasteiger partial charge in [-0.2, -0.15) is 0 Å². The zero-order valence-electron chi connectivity index (χ0n) is 12.1. The molecule has 3 saturated heterocycles. The number of nitrogens with zero attached hydrogens (tertiary/aromatic N) is 2. The third-order valence-corrected chi connectivity index (χ3v) is 5.07. The van der Waals surface area contributed by atoms with Crippen molar-refractivity contribution in [3.63, 3.8) is 0 Å². The Morgan fingerprint density at radius 1 is 1.38 bits per heavy atom. The van der Waals surface area contributed by atoms with Gasteiger partial charge in [0.2, 0.25) is 0 Å². The van der Waals surface area contributed by atoms with Crippen LogP contribution in [-0.2, 0) is 0 Å². The number of hydrogen-bond acceptors (Lipinski definition) is 4. The molecule has 0 aliphatic carbocycles. The fourth-order valence-electron chi connectivity index (χ4n) is 3.78. The van der Waals surface area contributed by atoms with Crippen LogP contribution in [-0.4, -0.2) is 41.0 Å². The summed E-state index contributed by atoms with van der Waals surface area (Å²) in [6.45, 7) is 4.56. The number of nitrogens with one attached hydrogen (secondary N) is 1. The summed E-state index contributed by atoms with van der Waals surface area (Å²) >= 11 is 0. The van der Waals surface area contributed by atoms with Gasteiger partial charge >= 0.3 is 0 Å². The molecule has 3 aliphatic rings. The van der Waals surface area contributed by atoms with E-state index < -0.39 is 0 Å². The minimum atomic E-state index is -0.0149. The molecule has 2 aromatic rings. The highest BCUT2D eigenvalue weighted by molar-refractivity contribution is 5.97. The molecular formula is C16H19N3O2. The van der Waals surface area contributed by atoms with Crippen LogP contribution in [0.5, 0.6) is 0 Å². The summed E-state index contributed by atoms with van der Waals surface area (Å²) in [6, 6.07) is 6.09. The molecule has 1 amide bonds. The highest BCUT2D eigenvalue weighted by Crippen LogP contribution is 2.32. The van der Waals surface area contributed by atoms with Crippen LogP contribution >= 0.6 is 0 Å². The first-order valence-corrected chi connectivity index (χ1v) is 7.60. The Morgan fingerprint density at radius 3 is 2.95 bits per heavy atom. The van der Waals surface area contributed by atoms with Crippen LogP contribution in [0.25, 0.3) is 11.1 Å². The molecule has 0 radical (unpaired) electrons. The van der Waals surface area contributed by atoms with Gasteiger partial charge in [-0.15, -0.1) is 0 Å². The van der Waals surface area contributed by atoms with Crippen LogP contribution < -0.4 is 5.32 Å². The molecule has 1 unspecified atom stereocenters. The van der Waals surface area contributed by atoms with Gasteiger partial charge in [0.1, 0.15) is 5.52 Å². The third-order valence-electron chi connectivity index (χ3n) is 5.07. The number of hydrogen-bond donors (Lipinski definition) is 1.